The van der Waals surface area contributed by atoms with Crippen LogP contribution < -0.4 is 10.6 Å². The summed E-state index contributed by atoms with van der Waals surface area (Å²) >= 11 is 0. The van der Waals surface area contributed by atoms with Crippen molar-refractivity contribution in [2.24, 2.45) is 5.41 Å². The van der Waals surface area contributed by atoms with Gasteiger partial charge in [0.1, 0.15) is 0 Å². The second kappa shape index (κ2) is 8.14. The smallest absolute Gasteiger partial charge is 0.317 e. The number of urea groups is 1. The van der Waals surface area contributed by atoms with Crippen molar-refractivity contribution >= 4 is 11.9 Å². The highest BCUT2D eigenvalue weighted by Crippen LogP contribution is 2.39. The number of rotatable bonds is 3. The highest BCUT2D eigenvalue weighted by molar-refractivity contribution is 5.77. The van der Waals surface area contributed by atoms with Gasteiger partial charge in [0.2, 0.25) is 5.91 Å². The molecule has 2 heterocycles. The molecule has 5 nitrogen and oxygen atoms in total. The maximum Gasteiger partial charge on any atom is 0.317 e. The van der Waals surface area contributed by atoms with Gasteiger partial charge in [-0.2, -0.15) is 0 Å². The predicted octanol–water partition coefficient (Wildman–Crippen LogP) is 3.59. The van der Waals surface area contributed by atoms with Gasteiger partial charge in [0.25, 0.3) is 0 Å². The summed E-state index contributed by atoms with van der Waals surface area (Å²) in [5.74, 6) is 0.148. The van der Waals surface area contributed by atoms with E-state index in [1.165, 1.54) is 24.8 Å². The molecule has 1 aromatic carbocycles. The number of carbonyl (C=O) groups is 2. The SMILES string of the molecule is O=C1CC[C@]2(CCCN(C(=O)NCC3(c4ccccc4)CCCCC3)C2)CN1. The molecular weight excluding hydrogens is 350 g/mol. The molecule has 5 heteroatoms. The number of likely N-dealkylation sites (tertiary alicyclic amines) is 1. The summed E-state index contributed by atoms with van der Waals surface area (Å²) in [6, 6.07) is 10.8. The lowest BCUT2D eigenvalue weighted by molar-refractivity contribution is -0.125. The minimum atomic E-state index is 0.0665. The van der Waals surface area contributed by atoms with Crippen LogP contribution in [0.1, 0.15) is 63.4 Å². The van der Waals surface area contributed by atoms with E-state index in [1.54, 1.807) is 0 Å². The van der Waals surface area contributed by atoms with Gasteiger partial charge in [0.05, 0.1) is 0 Å². The van der Waals surface area contributed by atoms with Crippen molar-refractivity contribution in [3.63, 3.8) is 0 Å². The second-order valence-electron chi connectivity index (χ2n) is 9.17. The van der Waals surface area contributed by atoms with Crippen molar-refractivity contribution in [1.29, 1.82) is 0 Å². The van der Waals surface area contributed by atoms with Crippen LogP contribution in [-0.2, 0) is 10.2 Å². The van der Waals surface area contributed by atoms with Crippen molar-refractivity contribution in [3.05, 3.63) is 35.9 Å². The minimum absolute atomic E-state index is 0.0665. The first-order valence-electron chi connectivity index (χ1n) is 11.0. The standard InChI is InChI=1S/C23H33N3O2/c27-20-10-14-22(16-24-20)11-7-15-26(18-22)21(28)25-17-23(12-5-2-6-13-23)19-8-3-1-4-9-19/h1,3-4,8-9H,2,5-7,10-18H2,(H,24,27)(H,25,28)/t22-/m1/s1. The number of benzene rings is 1. The third kappa shape index (κ3) is 4.03. The van der Waals surface area contributed by atoms with E-state index in [-0.39, 0.29) is 22.8 Å². The fourth-order valence-corrected chi connectivity index (χ4v) is 5.52. The number of piperidine rings is 2. The number of carbonyl (C=O) groups excluding carboxylic acids is 2. The summed E-state index contributed by atoms with van der Waals surface area (Å²) in [4.78, 5) is 26.6. The van der Waals surface area contributed by atoms with Crippen molar-refractivity contribution in [2.45, 2.75) is 63.2 Å². The fourth-order valence-electron chi connectivity index (χ4n) is 5.52. The van der Waals surface area contributed by atoms with Crippen LogP contribution in [0.2, 0.25) is 0 Å². The Bertz CT molecular complexity index is 687. The molecule has 2 aliphatic heterocycles. The quantitative estimate of drug-likeness (QED) is 0.838. The highest BCUT2D eigenvalue weighted by Gasteiger charge is 2.40. The van der Waals surface area contributed by atoms with Gasteiger partial charge in [-0.15, -0.1) is 0 Å². The maximum absolute atomic E-state index is 13.0. The first-order chi connectivity index (χ1) is 13.6. The van der Waals surface area contributed by atoms with Crippen LogP contribution in [-0.4, -0.2) is 43.0 Å². The Morgan fingerprint density at radius 3 is 2.54 bits per heavy atom. The number of nitrogens with one attached hydrogen (secondary N) is 2. The second-order valence-corrected chi connectivity index (χ2v) is 9.17. The molecule has 2 N–H and O–H groups in total. The molecule has 1 aliphatic carbocycles. The van der Waals surface area contributed by atoms with E-state index in [9.17, 15) is 9.59 Å². The molecule has 0 bridgehead atoms. The monoisotopic (exact) mass is 383 g/mol. The maximum atomic E-state index is 13.0. The van der Waals surface area contributed by atoms with Crippen molar-refractivity contribution in [1.82, 2.24) is 15.5 Å². The molecular formula is C23H33N3O2. The summed E-state index contributed by atoms with van der Waals surface area (Å²) in [6.07, 6.45) is 9.67. The minimum Gasteiger partial charge on any atom is -0.355 e. The van der Waals surface area contributed by atoms with Crippen LogP contribution in [0.25, 0.3) is 0 Å². The van der Waals surface area contributed by atoms with Crippen LogP contribution in [0.15, 0.2) is 30.3 Å². The molecule has 1 atom stereocenters. The zero-order chi connectivity index (χ0) is 19.5. The number of amides is 3. The van der Waals surface area contributed by atoms with Gasteiger partial charge in [-0.1, -0.05) is 49.6 Å². The van der Waals surface area contributed by atoms with E-state index < -0.39 is 0 Å². The molecule has 3 amide bonds. The Morgan fingerprint density at radius 2 is 1.82 bits per heavy atom. The number of nitrogens with zero attached hydrogens (tertiary/aromatic N) is 1. The van der Waals surface area contributed by atoms with Crippen molar-refractivity contribution in [2.75, 3.05) is 26.2 Å². The summed E-state index contributed by atoms with van der Waals surface area (Å²) < 4.78 is 0. The first-order valence-corrected chi connectivity index (χ1v) is 11.0. The Hall–Kier alpha value is -2.04. The van der Waals surface area contributed by atoms with Gasteiger partial charge < -0.3 is 15.5 Å². The van der Waals surface area contributed by atoms with Crippen LogP contribution in [0.4, 0.5) is 4.79 Å². The van der Waals surface area contributed by atoms with Crippen molar-refractivity contribution < 1.29 is 9.59 Å². The van der Waals surface area contributed by atoms with Gasteiger partial charge in [-0.3, -0.25) is 4.79 Å². The Labute approximate surface area is 168 Å². The molecule has 1 spiro atoms. The molecule has 1 saturated carbocycles. The highest BCUT2D eigenvalue weighted by atomic mass is 16.2. The molecule has 1 aromatic rings. The first kappa shape index (κ1) is 19.3. The fraction of sp³-hybridized carbons (Fsp3) is 0.652. The summed E-state index contributed by atoms with van der Waals surface area (Å²) in [7, 11) is 0. The Morgan fingerprint density at radius 1 is 1.04 bits per heavy atom. The molecule has 28 heavy (non-hydrogen) atoms. The van der Waals surface area contributed by atoms with E-state index in [4.69, 9.17) is 0 Å². The predicted molar refractivity (Wildman–Crippen MR) is 110 cm³/mol. The summed E-state index contributed by atoms with van der Waals surface area (Å²) in [5.41, 5.74) is 1.51. The summed E-state index contributed by atoms with van der Waals surface area (Å²) in [6.45, 7) is 3.01. The molecule has 0 radical (unpaired) electrons. The molecule has 4 rings (SSSR count). The van der Waals surface area contributed by atoms with E-state index in [0.29, 0.717) is 13.0 Å². The molecule has 3 fully saturated rings. The van der Waals surface area contributed by atoms with E-state index in [2.05, 4.69) is 41.0 Å². The lowest BCUT2D eigenvalue weighted by Crippen LogP contribution is -2.56. The third-order valence-electron chi connectivity index (χ3n) is 7.27. The van der Waals surface area contributed by atoms with Crippen LogP contribution in [0.3, 0.4) is 0 Å². The van der Waals surface area contributed by atoms with Gasteiger partial charge in [0.15, 0.2) is 0 Å². The molecule has 152 valence electrons. The molecule has 0 aromatic heterocycles. The van der Waals surface area contributed by atoms with Gasteiger partial charge in [-0.25, -0.2) is 4.79 Å². The van der Waals surface area contributed by atoms with Gasteiger partial charge in [-0.05, 0) is 37.7 Å². The average Bonchev–Trinajstić information content (AvgIpc) is 2.76. The van der Waals surface area contributed by atoms with Crippen LogP contribution >= 0.6 is 0 Å². The normalized spacial score (nSPS) is 27.3. The zero-order valence-electron chi connectivity index (χ0n) is 16.8. The van der Waals surface area contributed by atoms with Crippen LogP contribution in [0, 0.1) is 5.41 Å². The van der Waals surface area contributed by atoms with E-state index in [1.807, 2.05) is 4.90 Å². The van der Waals surface area contributed by atoms with Gasteiger partial charge >= 0.3 is 6.03 Å². The zero-order valence-corrected chi connectivity index (χ0v) is 16.8. The van der Waals surface area contributed by atoms with Crippen molar-refractivity contribution in [3.8, 4) is 0 Å². The van der Waals surface area contributed by atoms with E-state index >= 15 is 0 Å². The molecule has 2 saturated heterocycles. The van der Waals surface area contributed by atoms with Gasteiger partial charge in [0, 0.05) is 43.4 Å². The number of hydrogen-bond acceptors (Lipinski definition) is 2. The Kier molecular flexibility index (Phi) is 5.61. The third-order valence-corrected chi connectivity index (χ3v) is 7.27. The molecule has 0 unspecified atom stereocenters. The van der Waals surface area contributed by atoms with E-state index in [0.717, 1.165) is 51.7 Å². The lowest BCUT2D eigenvalue weighted by Gasteiger charge is -2.45. The van der Waals surface area contributed by atoms with Crippen LogP contribution in [0.5, 0.6) is 0 Å². The largest absolute Gasteiger partial charge is 0.355 e. The lowest BCUT2D eigenvalue weighted by atomic mass is 9.69. The topological polar surface area (TPSA) is 61.4 Å². The average molecular weight is 384 g/mol. The summed E-state index contributed by atoms with van der Waals surface area (Å²) in [5, 5.41) is 6.31. The Balaban J connectivity index is 1.40. The molecule has 3 aliphatic rings. The number of hydrogen-bond donors (Lipinski definition) is 2.